The molecule has 0 atom stereocenters. The molecule has 0 unspecified atom stereocenters. The van der Waals surface area contributed by atoms with Crippen molar-refractivity contribution in [3.63, 3.8) is 0 Å². The molecule has 1 aromatic rings. The van der Waals surface area contributed by atoms with Crippen LogP contribution in [0.4, 0.5) is 5.95 Å². The molecule has 1 fully saturated rings. The predicted molar refractivity (Wildman–Crippen MR) is 61.1 cm³/mol. The maximum absolute atomic E-state index is 4.40. The van der Waals surface area contributed by atoms with Crippen LogP contribution in [0.1, 0.15) is 18.4 Å². The van der Waals surface area contributed by atoms with Gasteiger partial charge in [0.2, 0.25) is 5.95 Å². The highest BCUT2D eigenvalue weighted by atomic mass is 15.3. The summed E-state index contributed by atoms with van der Waals surface area (Å²) in [5.74, 6) is 0.890. The standard InChI is InChI=1S/C11H18N4/c1-12-5-4-10-8-13-11(14-9-10)15-6-2-3-7-15/h8-9,12H,2-7H2,1H3. The average Bonchev–Trinajstić information content (AvgIpc) is 2.80. The SMILES string of the molecule is CNCCc1cnc(N2CCCC2)nc1. The zero-order chi connectivity index (χ0) is 10.5. The van der Waals surface area contributed by atoms with E-state index in [9.17, 15) is 0 Å². The highest BCUT2D eigenvalue weighted by Gasteiger charge is 2.13. The summed E-state index contributed by atoms with van der Waals surface area (Å²) in [6.07, 6.45) is 7.42. The van der Waals surface area contributed by atoms with Crippen molar-refractivity contribution in [3.8, 4) is 0 Å². The molecular formula is C11H18N4. The van der Waals surface area contributed by atoms with Crippen LogP contribution in [-0.4, -0.2) is 36.6 Å². The van der Waals surface area contributed by atoms with Gasteiger partial charge in [0.25, 0.3) is 0 Å². The van der Waals surface area contributed by atoms with Crippen LogP contribution in [-0.2, 0) is 6.42 Å². The van der Waals surface area contributed by atoms with Crippen molar-refractivity contribution in [3.05, 3.63) is 18.0 Å². The number of anilines is 1. The molecule has 0 aliphatic carbocycles. The van der Waals surface area contributed by atoms with Crippen molar-refractivity contribution in [1.29, 1.82) is 0 Å². The van der Waals surface area contributed by atoms with E-state index in [1.54, 1.807) is 0 Å². The van der Waals surface area contributed by atoms with Crippen molar-refractivity contribution in [2.75, 3.05) is 31.6 Å². The summed E-state index contributed by atoms with van der Waals surface area (Å²) in [5, 5.41) is 3.12. The smallest absolute Gasteiger partial charge is 0.225 e. The van der Waals surface area contributed by atoms with E-state index in [0.717, 1.165) is 32.0 Å². The van der Waals surface area contributed by atoms with Crippen LogP contribution >= 0.6 is 0 Å². The van der Waals surface area contributed by atoms with Crippen LogP contribution in [0.25, 0.3) is 0 Å². The number of rotatable bonds is 4. The molecule has 4 nitrogen and oxygen atoms in total. The predicted octanol–water partition coefficient (Wildman–Crippen LogP) is 0.839. The van der Waals surface area contributed by atoms with Crippen LogP contribution in [0.5, 0.6) is 0 Å². The molecule has 0 bridgehead atoms. The van der Waals surface area contributed by atoms with Crippen LogP contribution in [0, 0.1) is 0 Å². The molecular weight excluding hydrogens is 188 g/mol. The zero-order valence-electron chi connectivity index (χ0n) is 9.24. The van der Waals surface area contributed by atoms with Gasteiger partial charge in [-0.15, -0.1) is 0 Å². The summed E-state index contributed by atoms with van der Waals surface area (Å²) < 4.78 is 0. The molecule has 1 aromatic heterocycles. The lowest BCUT2D eigenvalue weighted by Crippen LogP contribution is -2.20. The highest BCUT2D eigenvalue weighted by Crippen LogP contribution is 2.14. The second-order valence-electron chi connectivity index (χ2n) is 3.94. The molecule has 1 aliphatic rings. The topological polar surface area (TPSA) is 41.1 Å². The Morgan fingerprint density at radius 2 is 1.93 bits per heavy atom. The van der Waals surface area contributed by atoms with Crippen LogP contribution < -0.4 is 10.2 Å². The molecule has 0 saturated carbocycles. The molecule has 0 aromatic carbocycles. The largest absolute Gasteiger partial charge is 0.341 e. The van der Waals surface area contributed by atoms with Gasteiger partial charge in [-0.2, -0.15) is 0 Å². The molecule has 2 rings (SSSR count). The van der Waals surface area contributed by atoms with Gasteiger partial charge < -0.3 is 10.2 Å². The fraction of sp³-hybridized carbons (Fsp3) is 0.636. The molecule has 1 saturated heterocycles. The quantitative estimate of drug-likeness (QED) is 0.792. The molecule has 0 radical (unpaired) electrons. The van der Waals surface area contributed by atoms with Gasteiger partial charge in [0.05, 0.1) is 0 Å². The minimum Gasteiger partial charge on any atom is -0.341 e. The number of hydrogen-bond acceptors (Lipinski definition) is 4. The maximum atomic E-state index is 4.40. The van der Waals surface area contributed by atoms with E-state index < -0.39 is 0 Å². The summed E-state index contributed by atoms with van der Waals surface area (Å²) in [5.41, 5.74) is 1.20. The van der Waals surface area contributed by atoms with Gasteiger partial charge >= 0.3 is 0 Å². The fourth-order valence-corrected chi connectivity index (χ4v) is 1.83. The third-order valence-electron chi connectivity index (χ3n) is 2.74. The van der Waals surface area contributed by atoms with E-state index in [1.807, 2.05) is 19.4 Å². The maximum Gasteiger partial charge on any atom is 0.225 e. The molecule has 15 heavy (non-hydrogen) atoms. The summed E-state index contributed by atoms with van der Waals surface area (Å²) in [6, 6.07) is 0. The number of likely N-dealkylation sites (N-methyl/N-ethyl adjacent to an activating group) is 1. The molecule has 1 N–H and O–H groups in total. The minimum atomic E-state index is 0.890. The van der Waals surface area contributed by atoms with E-state index in [0.29, 0.717) is 0 Å². The second kappa shape index (κ2) is 5.07. The summed E-state index contributed by atoms with van der Waals surface area (Å²) in [6.45, 7) is 3.19. The monoisotopic (exact) mass is 206 g/mol. The Bertz CT molecular complexity index is 290. The lowest BCUT2D eigenvalue weighted by Gasteiger charge is -2.14. The summed E-state index contributed by atoms with van der Waals surface area (Å²) in [4.78, 5) is 11.1. The minimum absolute atomic E-state index is 0.890. The van der Waals surface area contributed by atoms with Gasteiger partial charge in [-0.05, 0) is 38.4 Å². The van der Waals surface area contributed by atoms with Gasteiger partial charge in [0.15, 0.2) is 0 Å². The fourth-order valence-electron chi connectivity index (χ4n) is 1.83. The Morgan fingerprint density at radius 3 is 2.53 bits per heavy atom. The van der Waals surface area contributed by atoms with Crippen molar-refractivity contribution in [2.24, 2.45) is 0 Å². The molecule has 2 heterocycles. The van der Waals surface area contributed by atoms with Gasteiger partial charge in [-0.1, -0.05) is 0 Å². The zero-order valence-corrected chi connectivity index (χ0v) is 9.24. The first-order valence-corrected chi connectivity index (χ1v) is 5.60. The van der Waals surface area contributed by atoms with Crippen molar-refractivity contribution >= 4 is 5.95 Å². The Morgan fingerprint density at radius 1 is 1.27 bits per heavy atom. The normalized spacial score (nSPS) is 15.9. The van der Waals surface area contributed by atoms with Gasteiger partial charge in [-0.3, -0.25) is 0 Å². The Balaban J connectivity index is 1.96. The summed E-state index contributed by atoms with van der Waals surface area (Å²) >= 11 is 0. The van der Waals surface area contributed by atoms with E-state index in [1.165, 1.54) is 18.4 Å². The van der Waals surface area contributed by atoms with E-state index in [-0.39, 0.29) is 0 Å². The summed E-state index contributed by atoms with van der Waals surface area (Å²) in [7, 11) is 1.96. The number of aromatic nitrogens is 2. The van der Waals surface area contributed by atoms with E-state index in [2.05, 4.69) is 20.2 Å². The first-order chi connectivity index (χ1) is 7.40. The lowest BCUT2D eigenvalue weighted by atomic mass is 10.2. The average molecular weight is 206 g/mol. The van der Waals surface area contributed by atoms with E-state index >= 15 is 0 Å². The van der Waals surface area contributed by atoms with Crippen molar-refractivity contribution in [1.82, 2.24) is 15.3 Å². The molecule has 0 spiro atoms. The van der Waals surface area contributed by atoms with Gasteiger partial charge in [-0.25, -0.2) is 9.97 Å². The Hall–Kier alpha value is -1.16. The number of hydrogen-bond donors (Lipinski definition) is 1. The lowest BCUT2D eigenvalue weighted by molar-refractivity contribution is 0.783. The number of nitrogens with zero attached hydrogens (tertiary/aromatic N) is 3. The Labute approximate surface area is 90.7 Å². The van der Waals surface area contributed by atoms with Crippen LogP contribution in [0.2, 0.25) is 0 Å². The molecule has 82 valence electrons. The number of nitrogens with one attached hydrogen (secondary N) is 1. The third-order valence-corrected chi connectivity index (χ3v) is 2.74. The second-order valence-corrected chi connectivity index (χ2v) is 3.94. The molecule has 0 amide bonds. The molecule has 4 heteroatoms. The van der Waals surface area contributed by atoms with Gasteiger partial charge in [0, 0.05) is 25.5 Å². The first-order valence-electron chi connectivity index (χ1n) is 5.60. The van der Waals surface area contributed by atoms with Crippen LogP contribution in [0.3, 0.4) is 0 Å². The van der Waals surface area contributed by atoms with Crippen molar-refractivity contribution < 1.29 is 0 Å². The highest BCUT2D eigenvalue weighted by molar-refractivity contribution is 5.30. The van der Waals surface area contributed by atoms with E-state index in [4.69, 9.17) is 0 Å². The van der Waals surface area contributed by atoms with Crippen molar-refractivity contribution in [2.45, 2.75) is 19.3 Å². The van der Waals surface area contributed by atoms with Crippen LogP contribution in [0.15, 0.2) is 12.4 Å². The third kappa shape index (κ3) is 2.65. The Kier molecular flexibility index (Phi) is 3.50. The molecule has 1 aliphatic heterocycles. The first kappa shape index (κ1) is 10.4. The van der Waals surface area contributed by atoms with Gasteiger partial charge in [0.1, 0.15) is 0 Å².